The number of nitrogens with zero attached hydrogens (tertiary/aromatic N) is 2. The van der Waals surface area contributed by atoms with Gasteiger partial charge in [-0.2, -0.15) is 5.10 Å². The summed E-state index contributed by atoms with van der Waals surface area (Å²) < 4.78 is 53.8. The van der Waals surface area contributed by atoms with E-state index in [4.69, 9.17) is 4.74 Å². The van der Waals surface area contributed by atoms with Gasteiger partial charge in [0.15, 0.2) is 25.5 Å². The second-order valence-corrected chi connectivity index (χ2v) is 10.0. The van der Waals surface area contributed by atoms with Crippen LogP contribution in [-0.4, -0.2) is 52.0 Å². The predicted octanol–water partition coefficient (Wildman–Crippen LogP) is 1.09. The summed E-state index contributed by atoms with van der Waals surface area (Å²) in [7, 11) is -5.63. The van der Waals surface area contributed by atoms with Crippen LogP contribution in [0.1, 0.15) is 28.4 Å². The summed E-state index contributed by atoms with van der Waals surface area (Å²) in [5.74, 6) is -0.683. The molecule has 10 heteroatoms. The van der Waals surface area contributed by atoms with Crippen molar-refractivity contribution in [2.75, 3.05) is 19.6 Å². The van der Waals surface area contributed by atoms with Crippen LogP contribution in [0.25, 0.3) is 0 Å². The molecular weight excluding hydrogens is 380 g/mol. The molecule has 1 aromatic carbocycles. The molecule has 142 valence electrons. The largest absolute Gasteiger partial charge is 0.481 e. The highest BCUT2D eigenvalue weighted by Crippen LogP contribution is 2.26. The van der Waals surface area contributed by atoms with Gasteiger partial charge in [-0.3, -0.25) is 4.79 Å². The Labute approximate surface area is 152 Å². The lowest BCUT2D eigenvalue weighted by Crippen LogP contribution is -2.12. The van der Waals surface area contributed by atoms with E-state index >= 15 is 0 Å². The summed E-state index contributed by atoms with van der Waals surface area (Å²) >= 11 is 0. The van der Waals surface area contributed by atoms with Crippen molar-refractivity contribution < 1.29 is 26.4 Å². The summed E-state index contributed by atoms with van der Waals surface area (Å²) in [6.07, 6.45) is 3.38. The SMILES string of the molecule is CCn1ncc(C(=O)c2ccc(S(C)(=O)=O)cc2CS(C)(=O)=O)c1OC. The molecule has 0 fully saturated rings. The van der Waals surface area contributed by atoms with Crippen LogP contribution < -0.4 is 4.74 Å². The first-order valence-electron chi connectivity index (χ1n) is 7.63. The topological polar surface area (TPSA) is 112 Å². The number of carbonyl (C=O) groups is 1. The lowest BCUT2D eigenvalue weighted by molar-refractivity contribution is 0.103. The van der Waals surface area contributed by atoms with E-state index < -0.39 is 31.2 Å². The van der Waals surface area contributed by atoms with Crippen LogP contribution in [0.4, 0.5) is 0 Å². The molecule has 1 heterocycles. The minimum absolute atomic E-state index is 0.0519. The van der Waals surface area contributed by atoms with Gasteiger partial charge >= 0.3 is 0 Å². The molecule has 2 rings (SSSR count). The smallest absolute Gasteiger partial charge is 0.223 e. The van der Waals surface area contributed by atoms with Crippen LogP contribution in [0.2, 0.25) is 0 Å². The summed E-state index contributed by atoms with van der Waals surface area (Å²) in [5, 5.41) is 4.07. The van der Waals surface area contributed by atoms with Crippen molar-refractivity contribution in [1.82, 2.24) is 9.78 Å². The minimum Gasteiger partial charge on any atom is -0.481 e. The van der Waals surface area contributed by atoms with Gasteiger partial charge in [0.25, 0.3) is 0 Å². The molecule has 26 heavy (non-hydrogen) atoms. The Kier molecular flexibility index (Phi) is 5.57. The highest BCUT2D eigenvalue weighted by molar-refractivity contribution is 7.90. The van der Waals surface area contributed by atoms with Crippen molar-refractivity contribution in [3.05, 3.63) is 41.1 Å². The number of ketones is 1. The Hall–Kier alpha value is -2.20. The molecule has 0 N–H and O–H groups in total. The zero-order chi connectivity index (χ0) is 19.7. The quantitative estimate of drug-likeness (QED) is 0.639. The Morgan fingerprint density at radius 3 is 2.31 bits per heavy atom. The van der Waals surface area contributed by atoms with E-state index in [9.17, 15) is 21.6 Å². The lowest BCUT2D eigenvalue weighted by Gasteiger charge is -2.11. The molecule has 0 spiro atoms. The highest BCUT2D eigenvalue weighted by atomic mass is 32.2. The zero-order valence-corrected chi connectivity index (χ0v) is 16.5. The van der Waals surface area contributed by atoms with Gasteiger partial charge in [-0.15, -0.1) is 0 Å². The Morgan fingerprint density at radius 2 is 1.81 bits per heavy atom. The Bertz CT molecular complexity index is 1050. The number of benzene rings is 1. The van der Waals surface area contributed by atoms with Gasteiger partial charge in [-0.1, -0.05) is 0 Å². The number of carbonyl (C=O) groups excluding carboxylic acids is 1. The average Bonchev–Trinajstić information content (AvgIpc) is 2.94. The third-order valence-corrected chi connectivity index (χ3v) is 5.64. The van der Waals surface area contributed by atoms with E-state index in [-0.39, 0.29) is 27.5 Å². The first kappa shape index (κ1) is 20.1. The second kappa shape index (κ2) is 7.20. The van der Waals surface area contributed by atoms with Crippen LogP contribution in [0.3, 0.4) is 0 Å². The number of hydrogen-bond donors (Lipinski definition) is 0. The van der Waals surface area contributed by atoms with E-state index in [1.54, 1.807) is 0 Å². The summed E-state index contributed by atoms with van der Waals surface area (Å²) in [6, 6.07) is 3.83. The van der Waals surface area contributed by atoms with Crippen molar-refractivity contribution in [2.45, 2.75) is 24.1 Å². The van der Waals surface area contributed by atoms with Gasteiger partial charge in [-0.05, 0) is 30.7 Å². The Morgan fingerprint density at radius 1 is 1.15 bits per heavy atom. The molecule has 0 aliphatic carbocycles. The molecule has 0 amide bonds. The third-order valence-electron chi connectivity index (χ3n) is 3.70. The van der Waals surface area contributed by atoms with Crippen molar-refractivity contribution in [3.63, 3.8) is 0 Å². The van der Waals surface area contributed by atoms with Crippen molar-refractivity contribution >= 4 is 25.5 Å². The predicted molar refractivity (Wildman–Crippen MR) is 96.0 cm³/mol. The summed E-state index contributed by atoms with van der Waals surface area (Å²) in [6.45, 7) is 2.32. The van der Waals surface area contributed by atoms with E-state index in [2.05, 4.69) is 5.10 Å². The standard InChI is InChI=1S/C16H20N2O6S2/c1-5-18-16(24-2)14(9-17-18)15(19)13-7-6-12(26(4,22)23)8-11(13)10-25(3,20)21/h6-9H,5,10H2,1-4H3. The fourth-order valence-electron chi connectivity index (χ4n) is 2.54. The van der Waals surface area contributed by atoms with E-state index in [0.29, 0.717) is 6.54 Å². The molecule has 8 nitrogen and oxygen atoms in total. The molecule has 0 bridgehead atoms. The fourth-order valence-corrected chi connectivity index (χ4v) is 4.02. The van der Waals surface area contributed by atoms with Crippen LogP contribution in [0, 0.1) is 0 Å². The summed E-state index contributed by atoms with van der Waals surface area (Å²) in [5.41, 5.74) is 0.389. The molecule has 0 unspecified atom stereocenters. The average molecular weight is 400 g/mol. The van der Waals surface area contributed by atoms with Gasteiger partial charge in [0, 0.05) is 24.6 Å². The molecule has 0 aliphatic rings. The molecule has 0 saturated carbocycles. The van der Waals surface area contributed by atoms with Crippen molar-refractivity contribution in [2.24, 2.45) is 0 Å². The maximum Gasteiger partial charge on any atom is 0.223 e. The molecule has 0 atom stereocenters. The second-order valence-electron chi connectivity index (χ2n) is 5.87. The Balaban J connectivity index is 2.64. The van der Waals surface area contributed by atoms with Crippen LogP contribution in [-0.2, 0) is 32.0 Å². The normalized spacial score (nSPS) is 12.2. The molecule has 2 aromatic rings. The van der Waals surface area contributed by atoms with Gasteiger partial charge in [0.1, 0.15) is 5.56 Å². The lowest BCUT2D eigenvalue weighted by atomic mass is 10.0. The molecular formula is C16H20N2O6S2. The number of rotatable bonds is 7. The van der Waals surface area contributed by atoms with E-state index in [0.717, 1.165) is 12.5 Å². The molecule has 1 aromatic heterocycles. The first-order valence-corrected chi connectivity index (χ1v) is 11.6. The zero-order valence-electron chi connectivity index (χ0n) is 14.9. The number of ether oxygens (including phenoxy) is 1. The molecule has 0 saturated heterocycles. The van der Waals surface area contributed by atoms with Crippen LogP contribution >= 0.6 is 0 Å². The van der Waals surface area contributed by atoms with Gasteiger partial charge in [0.2, 0.25) is 5.88 Å². The first-order chi connectivity index (χ1) is 12.0. The van der Waals surface area contributed by atoms with Crippen molar-refractivity contribution in [1.29, 1.82) is 0 Å². The number of aryl methyl sites for hydroxylation is 1. The number of hydrogen-bond acceptors (Lipinski definition) is 7. The highest BCUT2D eigenvalue weighted by Gasteiger charge is 2.24. The molecule has 0 aliphatic heterocycles. The number of aromatic nitrogens is 2. The number of methoxy groups -OCH3 is 1. The maximum absolute atomic E-state index is 12.9. The van der Waals surface area contributed by atoms with Gasteiger partial charge < -0.3 is 4.74 Å². The van der Waals surface area contributed by atoms with Crippen molar-refractivity contribution in [3.8, 4) is 5.88 Å². The fraction of sp³-hybridized carbons (Fsp3) is 0.375. The van der Waals surface area contributed by atoms with E-state index in [1.165, 1.54) is 36.2 Å². The van der Waals surface area contributed by atoms with Crippen LogP contribution in [0.15, 0.2) is 29.3 Å². The van der Waals surface area contributed by atoms with Crippen LogP contribution in [0.5, 0.6) is 5.88 Å². The maximum atomic E-state index is 12.9. The minimum atomic E-state index is -3.55. The van der Waals surface area contributed by atoms with E-state index in [1.807, 2.05) is 6.92 Å². The third kappa shape index (κ3) is 4.31. The monoisotopic (exact) mass is 400 g/mol. The van der Waals surface area contributed by atoms with Gasteiger partial charge in [0.05, 0.1) is 24.0 Å². The number of sulfone groups is 2. The summed E-state index contributed by atoms with van der Waals surface area (Å²) in [4.78, 5) is 12.9. The molecule has 0 radical (unpaired) electrons. The van der Waals surface area contributed by atoms with Gasteiger partial charge in [-0.25, -0.2) is 21.5 Å².